The van der Waals surface area contributed by atoms with E-state index in [4.69, 9.17) is 0 Å². The molecule has 0 aliphatic rings. The van der Waals surface area contributed by atoms with Crippen molar-refractivity contribution in [3.05, 3.63) is 57.4 Å². The van der Waals surface area contributed by atoms with Crippen LogP contribution in [0.2, 0.25) is 0 Å². The molecule has 22 heavy (non-hydrogen) atoms. The number of rotatable bonds is 5. The zero-order valence-corrected chi connectivity index (χ0v) is 13.8. The molecule has 0 aliphatic heterocycles. The maximum Gasteiger partial charge on any atom is 0.261 e. The van der Waals surface area contributed by atoms with Crippen molar-refractivity contribution in [3.63, 3.8) is 0 Å². The maximum atomic E-state index is 12.6. The Morgan fingerprint density at radius 2 is 1.86 bits per heavy atom. The Labute approximate surface area is 131 Å². The smallest absolute Gasteiger partial charge is 0.261 e. The molecule has 0 unspecified atom stereocenters. The minimum absolute atomic E-state index is 0.178. The van der Waals surface area contributed by atoms with E-state index in [1.807, 2.05) is 6.07 Å². The fraction of sp³-hybridized carbons (Fsp3) is 0.368. The topological polar surface area (TPSA) is 39.1 Å². The normalized spacial score (nSPS) is 10.7. The van der Waals surface area contributed by atoms with Crippen LogP contribution in [-0.4, -0.2) is 10.4 Å². The van der Waals surface area contributed by atoms with Gasteiger partial charge in [0, 0.05) is 12.1 Å². The van der Waals surface area contributed by atoms with Crippen LogP contribution in [0.15, 0.2) is 35.1 Å². The molecule has 0 saturated heterocycles. The lowest BCUT2D eigenvalue weighted by atomic mass is 10.0. The van der Waals surface area contributed by atoms with Crippen molar-refractivity contribution in [3.8, 4) is 11.3 Å². The van der Waals surface area contributed by atoms with Crippen LogP contribution in [0, 0.1) is 13.8 Å². The van der Waals surface area contributed by atoms with Crippen molar-refractivity contribution in [2.24, 2.45) is 0 Å². The molecule has 0 aliphatic carbocycles. The van der Waals surface area contributed by atoms with Gasteiger partial charge in [-0.15, -0.1) is 0 Å². The molecular weight excluding hydrogens is 274 g/mol. The summed E-state index contributed by atoms with van der Waals surface area (Å²) >= 11 is 0. The summed E-state index contributed by atoms with van der Waals surface area (Å²) in [5.74, 6) is -0.178. The number of carbonyl (C=O) groups is 1. The molecule has 1 aromatic heterocycles. The van der Waals surface area contributed by atoms with Gasteiger partial charge in [0.1, 0.15) is 0 Å². The summed E-state index contributed by atoms with van der Waals surface area (Å²) in [7, 11) is 0. The minimum Gasteiger partial charge on any atom is -0.308 e. The number of ketones is 1. The van der Waals surface area contributed by atoms with Crippen molar-refractivity contribution >= 4 is 5.78 Å². The molecule has 0 amide bonds. The average molecular weight is 297 g/mol. The van der Waals surface area contributed by atoms with E-state index in [0.717, 1.165) is 29.7 Å². The quantitative estimate of drug-likeness (QED) is 0.778. The molecule has 116 valence electrons. The van der Waals surface area contributed by atoms with Gasteiger partial charge in [0.25, 0.3) is 5.56 Å². The van der Waals surface area contributed by atoms with Gasteiger partial charge in [-0.2, -0.15) is 0 Å². The Hall–Kier alpha value is -2.16. The van der Waals surface area contributed by atoms with Gasteiger partial charge in [0.2, 0.25) is 0 Å². The fourth-order valence-corrected chi connectivity index (χ4v) is 2.72. The highest BCUT2D eigenvalue weighted by molar-refractivity contribution is 5.94. The molecule has 2 rings (SSSR count). The summed E-state index contributed by atoms with van der Waals surface area (Å²) in [5, 5.41) is 0. The van der Waals surface area contributed by atoms with Crippen molar-refractivity contribution in [1.82, 2.24) is 4.57 Å². The SMILES string of the molecule is CCCCn1c(-c2ccc(C)cc2C)ccc(C(C)=O)c1=O. The van der Waals surface area contributed by atoms with Gasteiger partial charge < -0.3 is 4.57 Å². The molecule has 0 fully saturated rings. The maximum absolute atomic E-state index is 12.6. The summed E-state index contributed by atoms with van der Waals surface area (Å²) in [6.45, 7) is 8.28. The summed E-state index contributed by atoms with van der Waals surface area (Å²) in [6, 6.07) is 9.77. The molecular formula is C19H23NO2. The highest BCUT2D eigenvalue weighted by atomic mass is 16.1. The molecule has 0 saturated carbocycles. The van der Waals surface area contributed by atoms with Crippen molar-refractivity contribution in [1.29, 1.82) is 0 Å². The molecule has 0 N–H and O–H groups in total. The number of nitrogens with zero attached hydrogens (tertiary/aromatic N) is 1. The zero-order chi connectivity index (χ0) is 16.3. The fourth-order valence-electron chi connectivity index (χ4n) is 2.72. The Morgan fingerprint density at radius 3 is 2.45 bits per heavy atom. The number of aryl methyl sites for hydroxylation is 2. The van der Waals surface area contributed by atoms with Gasteiger partial charge >= 0.3 is 0 Å². The third-order valence-electron chi connectivity index (χ3n) is 3.95. The number of benzene rings is 1. The van der Waals surface area contributed by atoms with E-state index in [1.54, 1.807) is 10.6 Å². The second-order valence-electron chi connectivity index (χ2n) is 5.82. The van der Waals surface area contributed by atoms with E-state index in [-0.39, 0.29) is 16.9 Å². The summed E-state index contributed by atoms with van der Waals surface area (Å²) in [4.78, 5) is 24.3. The van der Waals surface area contributed by atoms with Gasteiger partial charge in [-0.3, -0.25) is 9.59 Å². The number of unbranched alkanes of at least 4 members (excludes halogenated alkanes) is 1. The Kier molecular flexibility index (Phi) is 4.96. The summed E-state index contributed by atoms with van der Waals surface area (Å²) in [6.07, 6.45) is 1.92. The monoisotopic (exact) mass is 297 g/mol. The van der Waals surface area contributed by atoms with E-state index in [1.165, 1.54) is 12.5 Å². The molecule has 2 aromatic rings. The van der Waals surface area contributed by atoms with Gasteiger partial charge in [0.05, 0.1) is 11.3 Å². The molecule has 3 heteroatoms. The first-order valence-corrected chi connectivity index (χ1v) is 7.78. The van der Waals surface area contributed by atoms with Crippen LogP contribution in [0.1, 0.15) is 48.2 Å². The number of aromatic nitrogens is 1. The molecule has 0 spiro atoms. The highest BCUT2D eigenvalue weighted by Crippen LogP contribution is 2.24. The Bertz CT molecular complexity index is 757. The predicted octanol–water partition coefficient (Wildman–Crippen LogP) is 4.13. The lowest BCUT2D eigenvalue weighted by molar-refractivity contribution is 0.101. The second kappa shape index (κ2) is 6.73. The molecule has 1 aromatic carbocycles. The van der Waals surface area contributed by atoms with Crippen LogP contribution in [0.5, 0.6) is 0 Å². The van der Waals surface area contributed by atoms with Crippen LogP contribution in [0.4, 0.5) is 0 Å². The zero-order valence-electron chi connectivity index (χ0n) is 13.8. The molecule has 0 atom stereocenters. The highest BCUT2D eigenvalue weighted by Gasteiger charge is 2.14. The lowest BCUT2D eigenvalue weighted by Gasteiger charge is -2.16. The second-order valence-corrected chi connectivity index (χ2v) is 5.82. The number of hydrogen-bond donors (Lipinski definition) is 0. The van der Waals surface area contributed by atoms with Crippen LogP contribution in [-0.2, 0) is 6.54 Å². The van der Waals surface area contributed by atoms with E-state index in [2.05, 4.69) is 39.0 Å². The summed E-state index contributed by atoms with van der Waals surface area (Å²) < 4.78 is 1.75. The number of pyridine rings is 1. The number of carbonyl (C=O) groups excluding carboxylic acids is 1. The van der Waals surface area contributed by atoms with Crippen LogP contribution < -0.4 is 5.56 Å². The Morgan fingerprint density at radius 1 is 1.14 bits per heavy atom. The molecule has 1 heterocycles. The van der Waals surface area contributed by atoms with Gasteiger partial charge in [-0.05, 0) is 44.9 Å². The Balaban J connectivity index is 2.66. The first-order chi connectivity index (χ1) is 10.5. The van der Waals surface area contributed by atoms with Crippen molar-refractivity contribution < 1.29 is 4.79 Å². The van der Waals surface area contributed by atoms with E-state index in [0.29, 0.717) is 6.54 Å². The molecule has 3 nitrogen and oxygen atoms in total. The van der Waals surface area contributed by atoms with E-state index in [9.17, 15) is 9.59 Å². The van der Waals surface area contributed by atoms with Crippen molar-refractivity contribution in [2.75, 3.05) is 0 Å². The van der Waals surface area contributed by atoms with Crippen molar-refractivity contribution in [2.45, 2.75) is 47.1 Å². The number of Topliss-reactive ketones (excluding diaryl/α,β-unsaturated/α-hetero) is 1. The number of hydrogen-bond acceptors (Lipinski definition) is 2. The largest absolute Gasteiger partial charge is 0.308 e. The minimum atomic E-state index is -0.182. The standard InChI is InChI=1S/C19H23NO2/c1-5-6-11-20-18(10-9-17(15(4)21)19(20)22)16-8-7-13(2)12-14(16)3/h7-10,12H,5-6,11H2,1-4H3. The third-order valence-corrected chi connectivity index (χ3v) is 3.95. The van der Waals surface area contributed by atoms with Gasteiger partial charge in [0.15, 0.2) is 5.78 Å². The lowest BCUT2D eigenvalue weighted by Crippen LogP contribution is -2.27. The van der Waals surface area contributed by atoms with Gasteiger partial charge in [-0.1, -0.05) is 37.1 Å². The van der Waals surface area contributed by atoms with Crippen LogP contribution in [0.25, 0.3) is 11.3 Å². The van der Waals surface area contributed by atoms with Crippen LogP contribution in [0.3, 0.4) is 0 Å². The molecule has 0 radical (unpaired) electrons. The third kappa shape index (κ3) is 3.19. The predicted molar refractivity (Wildman–Crippen MR) is 90.5 cm³/mol. The summed E-state index contributed by atoms with van der Waals surface area (Å²) in [5.41, 5.74) is 4.36. The molecule has 0 bridgehead atoms. The first-order valence-electron chi connectivity index (χ1n) is 7.78. The van der Waals surface area contributed by atoms with E-state index < -0.39 is 0 Å². The van der Waals surface area contributed by atoms with Gasteiger partial charge in [-0.25, -0.2) is 0 Å². The first kappa shape index (κ1) is 16.2. The van der Waals surface area contributed by atoms with E-state index >= 15 is 0 Å². The average Bonchev–Trinajstić information content (AvgIpc) is 2.45. The van der Waals surface area contributed by atoms with Crippen LogP contribution >= 0.6 is 0 Å².